The Morgan fingerprint density at radius 1 is 1.24 bits per heavy atom. The third-order valence-corrected chi connectivity index (χ3v) is 6.02. The Morgan fingerprint density at radius 3 is 2.52 bits per heavy atom. The molecule has 0 bridgehead atoms. The Bertz CT molecular complexity index is 643. The number of hydrogen-bond acceptors (Lipinski definition) is 6. The molecule has 3 heterocycles. The fraction of sp³-hybridized carbons (Fsp3) is 0.571. The molecule has 1 unspecified atom stereocenters. The SMILES string of the molecule is N#Cc1ccc(N2CCN(C3CCS(=O)(=O)C3)CC2)cn1. The molecule has 0 spiro atoms. The first-order chi connectivity index (χ1) is 10.1. The van der Waals surface area contributed by atoms with Gasteiger partial charge in [0.2, 0.25) is 0 Å². The van der Waals surface area contributed by atoms with Crippen LogP contribution in [0.4, 0.5) is 5.69 Å². The summed E-state index contributed by atoms with van der Waals surface area (Å²) in [6, 6.07) is 5.85. The lowest BCUT2D eigenvalue weighted by atomic mass is 10.2. The van der Waals surface area contributed by atoms with Crippen LogP contribution in [-0.2, 0) is 9.84 Å². The molecule has 7 heteroatoms. The van der Waals surface area contributed by atoms with Crippen LogP contribution in [0.5, 0.6) is 0 Å². The van der Waals surface area contributed by atoms with Crippen molar-refractivity contribution in [1.29, 1.82) is 5.26 Å². The summed E-state index contributed by atoms with van der Waals surface area (Å²) >= 11 is 0. The molecule has 3 rings (SSSR count). The van der Waals surface area contributed by atoms with Crippen molar-refractivity contribution in [2.75, 3.05) is 42.6 Å². The zero-order valence-electron chi connectivity index (χ0n) is 11.8. The van der Waals surface area contributed by atoms with Gasteiger partial charge in [-0.25, -0.2) is 13.4 Å². The molecule has 0 aliphatic carbocycles. The Kier molecular flexibility index (Phi) is 3.83. The van der Waals surface area contributed by atoms with E-state index in [1.54, 1.807) is 12.3 Å². The van der Waals surface area contributed by atoms with Crippen molar-refractivity contribution in [3.63, 3.8) is 0 Å². The highest BCUT2D eigenvalue weighted by Gasteiger charge is 2.33. The van der Waals surface area contributed by atoms with Crippen LogP contribution < -0.4 is 4.90 Å². The molecule has 6 nitrogen and oxygen atoms in total. The summed E-state index contributed by atoms with van der Waals surface area (Å²) in [6.45, 7) is 3.48. The number of nitriles is 1. The highest BCUT2D eigenvalue weighted by molar-refractivity contribution is 7.91. The van der Waals surface area contributed by atoms with Gasteiger partial charge in [0.25, 0.3) is 0 Å². The smallest absolute Gasteiger partial charge is 0.151 e. The van der Waals surface area contributed by atoms with E-state index in [2.05, 4.69) is 14.8 Å². The van der Waals surface area contributed by atoms with E-state index in [0.29, 0.717) is 17.2 Å². The van der Waals surface area contributed by atoms with Gasteiger partial charge in [0.1, 0.15) is 11.8 Å². The number of piperazine rings is 1. The van der Waals surface area contributed by atoms with Gasteiger partial charge in [-0.05, 0) is 18.6 Å². The monoisotopic (exact) mass is 306 g/mol. The highest BCUT2D eigenvalue weighted by atomic mass is 32.2. The first-order valence-electron chi connectivity index (χ1n) is 7.13. The van der Waals surface area contributed by atoms with Crippen LogP contribution >= 0.6 is 0 Å². The van der Waals surface area contributed by atoms with Crippen molar-refractivity contribution >= 4 is 15.5 Å². The first-order valence-corrected chi connectivity index (χ1v) is 8.95. The minimum absolute atomic E-state index is 0.191. The summed E-state index contributed by atoms with van der Waals surface area (Å²) in [5.41, 5.74) is 1.45. The van der Waals surface area contributed by atoms with Gasteiger partial charge >= 0.3 is 0 Å². The number of nitrogens with zero attached hydrogens (tertiary/aromatic N) is 4. The first kappa shape index (κ1) is 14.3. The fourth-order valence-corrected chi connectivity index (χ4v) is 4.81. The van der Waals surface area contributed by atoms with E-state index in [-0.39, 0.29) is 6.04 Å². The molecule has 0 saturated carbocycles. The number of pyridine rings is 1. The number of rotatable bonds is 2. The molecule has 2 aliphatic rings. The molecule has 21 heavy (non-hydrogen) atoms. The minimum atomic E-state index is -2.81. The molecule has 0 radical (unpaired) electrons. The van der Waals surface area contributed by atoms with Crippen molar-refractivity contribution in [2.24, 2.45) is 0 Å². The average molecular weight is 306 g/mol. The Morgan fingerprint density at radius 2 is 2.00 bits per heavy atom. The number of hydrogen-bond donors (Lipinski definition) is 0. The van der Waals surface area contributed by atoms with Crippen molar-refractivity contribution in [3.05, 3.63) is 24.0 Å². The highest BCUT2D eigenvalue weighted by Crippen LogP contribution is 2.21. The summed E-state index contributed by atoms with van der Waals surface area (Å²) in [5.74, 6) is 0.642. The zero-order valence-corrected chi connectivity index (χ0v) is 12.6. The molecule has 0 amide bonds. The lowest BCUT2D eigenvalue weighted by Crippen LogP contribution is -2.50. The normalized spacial score (nSPS) is 25.7. The molecule has 1 aromatic rings. The number of anilines is 1. The molecule has 1 atom stereocenters. The van der Waals surface area contributed by atoms with E-state index in [1.165, 1.54) is 0 Å². The second-order valence-electron chi connectivity index (χ2n) is 5.59. The minimum Gasteiger partial charge on any atom is -0.368 e. The maximum absolute atomic E-state index is 11.6. The van der Waals surface area contributed by atoms with Gasteiger partial charge in [0, 0.05) is 32.2 Å². The maximum Gasteiger partial charge on any atom is 0.151 e. The standard InChI is InChI=1S/C14H18N4O2S/c15-9-12-1-2-13(10-16-12)17-4-6-18(7-5-17)14-3-8-21(19,20)11-14/h1-2,10,14H,3-8,11H2. The Balaban J connectivity index is 1.59. The van der Waals surface area contributed by atoms with Crippen molar-refractivity contribution < 1.29 is 8.42 Å². The van der Waals surface area contributed by atoms with Gasteiger partial charge in [0.15, 0.2) is 9.84 Å². The van der Waals surface area contributed by atoms with Crippen molar-refractivity contribution in [2.45, 2.75) is 12.5 Å². The molecule has 2 fully saturated rings. The topological polar surface area (TPSA) is 77.3 Å². The third kappa shape index (κ3) is 3.17. The van der Waals surface area contributed by atoms with E-state index in [0.717, 1.165) is 38.3 Å². The van der Waals surface area contributed by atoms with Crippen LogP contribution in [0.2, 0.25) is 0 Å². The van der Waals surface area contributed by atoms with E-state index in [4.69, 9.17) is 5.26 Å². The van der Waals surface area contributed by atoms with E-state index in [9.17, 15) is 8.42 Å². The van der Waals surface area contributed by atoms with Crippen molar-refractivity contribution in [3.8, 4) is 6.07 Å². The van der Waals surface area contributed by atoms with Crippen LogP contribution in [0.15, 0.2) is 18.3 Å². The lowest BCUT2D eigenvalue weighted by molar-refractivity contribution is 0.200. The van der Waals surface area contributed by atoms with Crippen LogP contribution in [0.25, 0.3) is 0 Å². The summed E-state index contributed by atoms with van der Waals surface area (Å²) < 4.78 is 23.1. The van der Waals surface area contributed by atoms with E-state index >= 15 is 0 Å². The quantitative estimate of drug-likeness (QED) is 0.780. The summed E-state index contributed by atoms with van der Waals surface area (Å²) in [5, 5.41) is 8.76. The summed E-state index contributed by atoms with van der Waals surface area (Å²) in [6.07, 6.45) is 2.50. The van der Waals surface area contributed by atoms with E-state index < -0.39 is 9.84 Å². The molecule has 2 aliphatic heterocycles. The second-order valence-corrected chi connectivity index (χ2v) is 7.82. The summed E-state index contributed by atoms with van der Waals surface area (Å²) in [4.78, 5) is 8.61. The van der Waals surface area contributed by atoms with Crippen LogP contribution in [-0.4, -0.2) is 62.0 Å². The summed E-state index contributed by atoms with van der Waals surface area (Å²) in [7, 11) is -2.81. The molecular formula is C14H18N4O2S. The van der Waals surface area contributed by atoms with Gasteiger partial charge in [0.05, 0.1) is 23.4 Å². The van der Waals surface area contributed by atoms with Gasteiger partial charge in [-0.1, -0.05) is 0 Å². The second kappa shape index (κ2) is 5.62. The zero-order chi connectivity index (χ0) is 14.9. The Labute approximate surface area is 124 Å². The van der Waals surface area contributed by atoms with Gasteiger partial charge in [-0.3, -0.25) is 4.90 Å². The van der Waals surface area contributed by atoms with Crippen LogP contribution in [0.1, 0.15) is 12.1 Å². The fourth-order valence-electron chi connectivity index (χ4n) is 3.05. The molecule has 1 aromatic heterocycles. The predicted molar refractivity (Wildman–Crippen MR) is 79.8 cm³/mol. The largest absolute Gasteiger partial charge is 0.368 e. The van der Waals surface area contributed by atoms with E-state index in [1.807, 2.05) is 12.1 Å². The molecule has 112 valence electrons. The van der Waals surface area contributed by atoms with Crippen LogP contribution in [0, 0.1) is 11.3 Å². The molecule has 2 saturated heterocycles. The molecule has 0 N–H and O–H groups in total. The maximum atomic E-state index is 11.6. The lowest BCUT2D eigenvalue weighted by Gasteiger charge is -2.38. The third-order valence-electron chi connectivity index (χ3n) is 4.27. The predicted octanol–water partition coefficient (Wildman–Crippen LogP) is 0.262. The van der Waals surface area contributed by atoms with Gasteiger partial charge < -0.3 is 4.90 Å². The molecular weight excluding hydrogens is 288 g/mol. The van der Waals surface area contributed by atoms with Crippen LogP contribution in [0.3, 0.4) is 0 Å². The van der Waals surface area contributed by atoms with Crippen molar-refractivity contribution in [1.82, 2.24) is 9.88 Å². The average Bonchev–Trinajstić information content (AvgIpc) is 2.88. The molecule has 0 aromatic carbocycles. The Hall–Kier alpha value is -1.65. The number of sulfone groups is 1. The number of aromatic nitrogens is 1. The van der Waals surface area contributed by atoms with Gasteiger partial charge in [-0.15, -0.1) is 0 Å². The van der Waals surface area contributed by atoms with Gasteiger partial charge in [-0.2, -0.15) is 5.26 Å².